The van der Waals surface area contributed by atoms with E-state index in [1.807, 2.05) is 158 Å². The first kappa shape index (κ1) is 55.1. The lowest BCUT2D eigenvalue weighted by molar-refractivity contribution is -0.0142. The van der Waals surface area contributed by atoms with E-state index in [4.69, 9.17) is 11.6 Å². The second kappa shape index (κ2) is 26.0. The molecule has 0 atom stereocenters. The average molecular weight is 976 g/mol. The normalized spacial score (nSPS) is 15.2. The fourth-order valence-corrected chi connectivity index (χ4v) is 10.3. The predicted molar refractivity (Wildman–Crippen MR) is 295 cm³/mol. The largest absolute Gasteiger partial charge is 0.380 e. The number of piperidine rings is 2. The first-order valence-corrected chi connectivity index (χ1v) is 26.5. The smallest absolute Gasteiger partial charge is 0.162 e. The van der Waals surface area contributed by atoms with Gasteiger partial charge in [-0.05, 0) is 127 Å². The Hall–Kier alpha value is -5.21. The van der Waals surface area contributed by atoms with Crippen LogP contribution in [-0.4, -0.2) is 65.3 Å². The molecule has 0 spiro atoms. The van der Waals surface area contributed by atoms with Crippen LogP contribution in [-0.2, 0) is 22.0 Å². The number of nitrogens with zero attached hydrogens (tertiary/aromatic N) is 1. The van der Waals surface area contributed by atoms with Gasteiger partial charge in [0.15, 0.2) is 11.6 Å². The highest BCUT2D eigenvalue weighted by Crippen LogP contribution is 2.43. The molecular formula is C64H79ClN2O4. The van der Waals surface area contributed by atoms with Gasteiger partial charge in [-0.2, -0.15) is 0 Å². The molecular weight excluding hydrogens is 896 g/mol. The zero-order valence-electron chi connectivity index (χ0n) is 43.3. The van der Waals surface area contributed by atoms with E-state index in [0.717, 1.165) is 105 Å². The SMILES string of the molecule is CC(C)(C)c1ccc(C(=O)CCCCl)cc1.CC(C)(C)c1ccc(C(=O)CCCN2CCC(C(O)(c3ccccc3)c3ccccc3)CC2)cc1.OC(c1ccccc1)(c1ccccc1)C1CCNCC1. The summed E-state index contributed by atoms with van der Waals surface area (Å²) in [5.74, 6) is 1.37. The Morgan fingerprint density at radius 3 is 1.13 bits per heavy atom. The Balaban J connectivity index is 0.000000193. The molecule has 8 rings (SSSR count). The van der Waals surface area contributed by atoms with Crippen LogP contribution in [0, 0.1) is 11.8 Å². The Morgan fingerprint density at radius 2 is 0.803 bits per heavy atom. The van der Waals surface area contributed by atoms with Gasteiger partial charge >= 0.3 is 0 Å². The molecule has 6 aromatic carbocycles. The first-order valence-electron chi connectivity index (χ1n) is 26.0. The van der Waals surface area contributed by atoms with Gasteiger partial charge in [0.2, 0.25) is 0 Å². The summed E-state index contributed by atoms with van der Waals surface area (Å²) in [6, 6.07) is 56.4. The highest BCUT2D eigenvalue weighted by atomic mass is 35.5. The van der Waals surface area contributed by atoms with Crippen molar-refractivity contribution >= 4 is 23.2 Å². The monoisotopic (exact) mass is 975 g/mol. The van der Waals surface area contributed by atoms with Crippen molar-refractivity contribution in [1.29, 1.82) is 0 Å². The van der Waals surface area contributed by atoms with E-state index in [2.05, 4.69) is 63.9 Å². The van der Waals surface area contributed by atoms with Gasteiger partial charge in [-0.1, -0.05) is 211 Å². The number of nitrogens with one attached hydrogen (secondary N) is 1. The zero-order valence-corrected chi connectivity index (χ0v) is 44.0. The van der Waals surface area contributed by atoms with Crippen molar-refractivity contribution in [2.24, 2.45) is 11.8 Å². The molecule has 0 unspecified atom stereocenters. The minimum Gasteiger partial charge on any atom is -0.380 e. The lowest BCUT2D eigenvalue weighted by Crippen LogP contribution is -2.44. The molecule has 2 heterocycles. The van der Waals surface area contributed by atoms with Crippen LogP contribution in [0.2, 0.25) is 0 Å². The van der Waals surface area contributed by atoms with Crippen LogP contribution in [0.1, 0.15) is 147 Å². The van der Waals surface area contributed by atoms with Crippen LogP contribution in [0.4, 0.5) is 0 Å². The number of likely N-dealkylation sites (tertiary alicyclic amines) is 1. The molecule has 7 heteroatoms. The van der Waals surface area contributed by atoms with Crippen LogP contribution in [0.5, 0.6) is 0 Å². The van der Waals surface area contributed by atoms with Crippen molar-refractivity contribution in [1.82, 2.24) is 10.2 Å². The molecule has 0 bridgehead atoms. The Bertz CT molecular complexity index is 2410. The van der Waals surface area contributed by atoms with Gasteiger partial charge in [0, 0.05) is 29.8 Å². The van der Waals surface area contributed by atoms with Gasteiger partial charge in [0.05, 0.1) is 0 Å². The summed E-state index contributed by atoms with van der Waals surface area (Å²) in [5.41, 5.74) is 6.40. The van der Waals surface area contributed by atoms with E-state index in [9.17, 15) is 19.8 Å². The van der Waals surface area contributed by atoms with E-state index in [1.54, 1.807) is 0 Å². The molecule has 71 heavy (non-hydrogen) atoms. The maximum absolute atomic E-state index is 12.7. The van der Waals surface area contributed by atoms with E-state index in [1.165, 1.54) is 11.1 Å². The minimum absolute atomic E-state index is 0.0981. The molecule has 376 valence electrons. The highest BCUT2D eigenvalue weighted by molar-refractivity contribution is 6.18. The maximum atomic E-state index is 12.7. The summed E-state index contributed by atoms with van der Waals surface area (Å²) in [4.78, 5) is 26.8. The van der Waals surface area contributed by atoms with Crippen LogP contribution < -0.4 is 5.32 Å². The number of carbonyl (C=O) groups is 2. The number of Topliss-reactive ketones (excluding diaryl/α,β-unsaturated/α-hetero) is 2. The molecule has 2 saturated heterocycles. The molecule has 3 N–H and O–H groups in total. The number of ketones is 2. The average Bonchev–Trinajstić information content (AvgIpc) is 3.41. The number of hydrogen-bond donors (Lipinski definition) is 3. The fraction of sp³-hybridized carbons (Fsp3) is 0.406. The van der Waals surface area contributed by atoms with E-state index in [-0.39, 0.29) is 34.2 Å². The van der Waals surface area contributed by atoms with Crippen molar-refractivity contribution in [2.45, 2.75) is 115 Å². The van der Waals surface area contributed by atoms with E-state index >= 15 is 0 Å². The summed E-state index contributed by atoms with van der Waals surface area (Å²) in [7, 11) is 0. The number of halogens is 1. The van der Waals surface area contributed by atoms with Crippen molar-refractivity contribution in [3.63, 3.8) is 0 Å². The van der Waals surface area contributed by atoms with Crippen LogP contribution in [0.25, 0.3) is 0 Å². The molecule has 0 amide bonds. The third-order valence-corrected chi connectivity index (χ3v) is 14.8. The molecule has 0 aliphatic carbocycles. The standard InChI is InChI=1S/C32H39NO2.C18H21NO.C14H19ClO/c1-31(2,3)26-18-16-25(17-19-26)30(34)15-10-22-33-23-20-29(21-24-33)32(35,27-11-6-4-7-12-27)28-13-8-5-9-14-28;20-18(15-7-3-1-4-8-15,16-9-5-2-6-10-16)17-11-13-19-14-12-17;1-14(2,3)12-8-6-11(7-9-12)13(16)5-4-10-15/h4-9,11-14,16-19,29,35H,10,15,20-24H2,1-3H3;1-10,17,19-20H,11-14H2;6-9H,4-5,10H2,1-3H3. The Kier molecular flexibility index (Phi) is 20.1. The van der Waals surface area contributed by atoms with Gasteiger partial charge in [-0.3, -0.25) is 9.59 Å². The van der Waals surface area contributed by atoms with Crippen molar-refractivity contribution < 1.29 is 19.8 Å². The summed E-state index contributed by atoms with van der Waals surface area (Å²) in [6.45, 7) is 17.8. The van der Waals surface area contributed by atoms with Crippen molar-refractivity contribution in [3.05, 3.63) is 214 Å². The first-order chi connectivity index (χ1) is 34.0. The zero-order chi connectivity index (χ0) is 50.9. The molecule has 0 radical (unpaired) electrons. The maximum Gasteiger partial charge on any atom is 0.162 e. The highest BCUT2D eigenvalue weighted by Gasteiger charge is 2.42. The molecule has 2 fully saturated rings. The number of alkyl halides is 1. The van der Waals surface area contributed by atoms with Crippen LogP contribution in [0.15, 0.2) is 170 Å². The second-order valence-corrected chi connectivity index (χ2v) is 21.9. The van der Waals surface area contributed by atoms with Crippen molar-refractivity contribution in [3.8, 4) is 0 Å². The predicted octanol–water partition coefficient (Wildman–Crippen LogP) is 13.7. The number of carbonyl (C=O) groups excluding carboxylic acids is 2. The summed E-state index contributed by atoms with van der Waals surface area (Å²) < 4.78 is 0. The van der Waals surface area contributed by atoms with Gasteiger partial charge in [-0.25, -0.2) is 0 Å². The Labute approximate surface area is 430 Å². The lowest BCUT2D eigenvalue weighted by Gasteiger charge is -2.42. The van der Waals surface area contributed by atoms with E-state index in [0.29, 0.717) is 18.7 Å². The Morgan fingerprint density at radius 1 is 0.479 bits per heavy atom. The third kappa shape index (κ3) is 14.9. The summed E-state index contributed by atoms with van der Waals surface area (Å²) in [6.07, 6.45) is 6.60. The fourth-order valence-electron chi connectivity index (χ4n) is 10.2. The summed E-state index contributed by atoms with van der Waals surface area (Å²) >= 11 is 5.57. The third-order valence-electron chi connectivity index (χ3n) is 14.5. The lowest BCUT2D eigenvalue weighted by atomic mass is 9.72. The van der Waals surface area contributed by atoms with Crippen LogP contribution >= 0.6 is 11.6 Å². The van der Waals surface area contributed by atoms with Gasteiger partial charge in [0.25, 0.3) is 0 Å². The molecule has 0 aromatic heterocycles. The second-order valence-electron chi connectivity index (χ2n) is 21.5. The molecule has 2 aliphatic rings. The minimum atomic E-state index is -0.982. The number of benzene rings is 6. The van der Waals surface area contributed by atoms with Gasteiger partial charge < -0.3 is 20.4 Å². The summed E-state index contributed by atoms with van der Waals surface area (Å²) in [5, 5.41) is 27.0. The molecule has 6 aromatic rings. The number of rotatable bonds is 15. The van der Waals surface area contributed by atoms with Crippen LogP contribution in [0.3, 0.4) is 0 Å². The number of aliphatic hydroxyl groups is 2. The molecule has 2 aliphatic heterocycles. The van der Waals surface area contributed by atoms with Gasteiger partial charge in [-0.15, -0.1) is 11.6 Å². The number of hydrogen-bond acceptors (Lipinski definition) is 6. The quantitative estimate of drug-likeness (QED) is 0.0702. The topological polar surface area (TPSA) is 89.9 Å². The molecule has 0 saturated carbocycles. The van der Waals surface area contributed by atoms with Crippen molar-refractivity contribution in [2.75, 3.05) is 38.6 Å². The molecule has 6 nitrogen and oxygen atoms in total. The van der Waals surface area contributed by atoms with Gasteiger partial charge in [0.1, 0.15) is 11.2 Å². The van der Waals surface area contributed by atoms with E-state index < -0.39 is 11.2 Å².